The molecule has 0 aliphatic heterocycles. The summed E-state index contributed by atoms with van der Waals surface area (Å²) < 4.78 is 1.37. The summed E-state index contributed by atoms with van der Waals surface area (Å²) in [5.74, 6) is -0.0599. The van der Waals surface area contributed by atoms with Gasteiger partial charge in [0.15, 0.2) is 0 Å². The minimum atomic E-state index is -0.332. The van der Waals surface area contributed by atoms with E-state index in [1.54, 1.807) is 13.1 Å². The molecule has 0 aliphatic rings. The first kappa shape index (κ1) is 12.5. The summed E-state index contributed by atoms with van der Waals surface area (Å²) in [5, 5.41) is 13.8. The van der Waals surface area contributed by atoms with E-state index >= 15 is 0 Å². The van der Waals surface area contributed by atoms with Crippen molar-refractivity contribution in [1.82, 2.24) is 20.2 Å². The van der Waals surface area contributed by atoms with Gasteiger partial charge >= 0.3 is 0 Å². The first-order valence-electron chi connectivity index (χ1n) is 5.30. The summed E-state index contributed by atoms with van der Waals surface area (Å²) in [6.07, 6.45) is 0. The summed E-state index contributed by atoms with van der Waals surface area (Å²) in [6.45, 7) is 3.81. The molecule has 0 fully saturated rings. The molecule has 7 heteroatoms. The summed E-state index contributed by atoms with van der Waals surface area (Å²) in [4.78, 5) is 12.0. The van der Waals surface area contributed by atoms with Crippen LogP contribution in [0.5, 0.6) is 0 Å². The molecule has 1 aromatic carbocycles. The van der Waals surface area contributed by atoms with Crippen molar-refractivity contribution in [2.45, 2.75) is 13.8 Å². The molecule has 0 radical (unpaired) electrons. The van der Waals surface area contributed by atoms with Crippen LogP contribution in [-0.2, 0) is 7.05 Å². The average Bonchev–Trinajstić information content (AvgIpc) is 2.72. The van der Waals surface area contributed by atoms with Crippen molar-refractivity contribution in [3.8, 4) is 0 Å². The zero-order valence-corrected chi connectivity index (χ0v) is 11.0. The van der Waals surface area contributed by atoms with Crippen LogP contribution in [0.3, 0.4) is 0 Å². The van der Waals surface area contributed by atoms with E-state index in [1.165, 1.54) is 4.68 Å². The Morgan fingerprint density at radius 2 is 2.11 bits per heavy atom. The van der Waals surface area contributed by atoms with Crippen molar-refractivity contribution in [3.63, 3.8) is 0 Å². The van der Waals surface area contributed by atoms with E-state index in [2.05, 4.69) is 20.8 Å². The fraction of sp³-hybridized carbons (Fsp3) is 0.273. The van der Waals surface area contributed by atoms with Gasteiger partial charge in [-0.15, -0.1) is 0 Å². The number of nitrogens with one attached hydrogen (secondary N) is 1. The molecule has 18 heavy (non-hydrogen) atoms. The lowest BCUT2D eigenvalue weighted by Gasteiger charge is -2.09. The number of aromatic nitrogens is 4. The Kier molecular flexibility index (Phi) is 3.29. The highest BCUT2D eigenvalue weighted by Gasteiger charge is 2.15. The van der Waals surface area contributed by atoms with Gasteiger partial charge in [0.05, 0.1) is 10.6 Å². The van der Waals surface area contributed by atoms with Gasteiger partial charge < -0.3 is 0 Å². The summed E-state index contributed by atoms with van der Waals surface area (Å²) in [5.41, 5.74) is 2.33. The van der Waals surface area contributed by atoms with Gasteiger partial charge in [-0.2, -0.15) is 0 Å². The van der Waals surface area contributed by atoms with E-state index in [-0.39, 0.29) is 11.9 Å². The first-order valence-corrected chi connectivity index (χ1v) is 5.68. The first-order chi connectivity index (χ1) is 8.50. The van der Waals surface area contributed by atoms with Crippen LogP contribution < -0.4 is 5.32 Å². The van der Waals surface area contributed by atoms with Crippen LogP contribution in [0.15, 0.2) is 12.1 Å². The molecule has 0 spiro atoms. The van der Waals surface area contributed by atoms with Gasteiger partial charge in [0.2, 0.25) is 5.95 Å². The van der Waals surface area contributed by atoms with Crippen molar-refractivity contribution < 1.29 is 4.79 Å². The smallest absolute Gasteiger partial charge is 0.259 e. The largest absolute Gasteiger partial charge is 0.289 e. The van der Waals surface area contributed by atoms with Crippen molar-refractivity contribution >= 4 is 23.5 Å². The van der Waals surface area contributed by atoms with Crippen LogP contribution in [-0.4, -0.2) is 26.1 Å². The molecular weight excluding hydrogens is 254 g/mol. The quantitative estimate of drug-likeness (QED) is 0.898. The third-order valence-corrected chi connectivity index (χ3v) is 3.23. The highest BCUT2D eigenvalue weighted by molar-refractivity contribution is 6.35. The highest BCUT2D eigenvalue weighted by atomic mass is 35.5. The van der Waals surface area contributed by atoms with Crippen LogP contribution in [0.25, 0.3) is 0 Å². The predicted octanol–water partition coefficient (Wildman–Crippen LogP) is 1.73. The number of halogens is 1. The minimum absolute atomic E-state index is 0.272. The molecule has 0 aliphatic carbocycles. The zero-order valence-electron chi connectivity index (χ0n) is 10.2. The Hall–Kier alpha value is -1.95. The molecule has 0 atom stereocenters. The highest BCUT2D eigenvalue weighted by Crippen LogP contribution is 2.24. The van der Waals surface area contributed by atoms with E-state index in [0.717, 1.165) is 11.1 Å². The molecule has 0 saturated heterocycles. The molecule has 2 aromatic rings. The Morgan fingerprint density at radius 1 is 1.39 bits per heavy atom. The molecule has 2 rings (SSSR count). The maximum Gasteiger partial charge on any atom is 0.259 e. The molecule has 0 saturated carbocycles. The lowest BCUT2D eigenvalue weighted by molar-refractivity contribution is 0.102. The number of tetrazole rings is 1. The predicted molar refractivity (Wildman–Crippen MR) is 67.7 cm³/mol. The normalized spacial score (nSPS) is 10.4. The molecular formula is C11H12ClN5O. The monoisotopic (exact) mass is 265 g/mol. The second-order valence-electron chi connectivity index (χ2n) is 3.95. The van der Waals surface area contributed by atoms with E-state index in [9.17, 15) is 4.79 Å². The number of carbonyl (C=O) groups is 1. The standard InChI is InChI=1S/C11H12ClN5O/c1-6-4-5-8(9(12)7(6)2)10(18)13-11-14-15-16-17(11)3/h4-5H,1-3H3,(H,13,14,16,18). The topological polar surface area (TPSA) is 72.7 Å². The van der Waals surface area contributed by atoms with Gasteiger partial charge in [0, 0.05) is 7.05 Å². The lowest BCUT2D eigenvalue weighted by Crippen LogP contribution is -2.16. The minimum Gasteiger partial charge on any atom is -0.289 e. The molecule has 1 aromatic heterocycles. The number of anilines is 1. The number of carbonyl (C=O) groups excluding carboxylic acids is 1. The van der Waals surface area contributed by atoms with E-state index in [0.29, 0.717) is 10.6 Å². The van der Waals surface area contributed by atoms with Crippen molar-refractivity contribution in [1.29, 1.82) is 0 Å². The van der Waals surface area contributed by atoms with Crippen molar-refractivity contribution in [3.05, 3.63) is 33.8 Å². The number of nitrogens with zero attached hydrogens (tertiary/aromatic N) is 4. The van der Waals surface area contributed by atoms with E-state index in [4.69, 9.17) is 11.6 Å². The number of hydrogen-bond donors (Lipinski definition) is 1. The Morgan fingerprint density at radius 3 is 2.72 bits per heavy atom. The third kappa shape index (κ3) is 2.19. The average molecular weight is 266 g/mol. The second kappa shape index (κ2) is 4.73. The summed E-state index contributed by atoms with van der Waals surface area (Å²) >= 11 is 6.15. The molecule has 1 N–H and O–H groups in total. The fourth-order valence-electron chi connectivity index (χ4n) is 1.46. The van der Waals surface area contributed by atoms with Gasteiger partial charge in [0.25, 0.3) is 5.91 Å². The Labute approximate surface area is 109 Å². The molecule has 1 heterocycles. The summed E-state index contributed by atoms with van der Waals surface area (Å²) in [7, 11) is 1.64. The maximum atomic E-state index is 12.0. The van der Waals surface area contributed by atoms with Crippen LogP contribution in [0.1, 0.15) is 21.5 Å². The molecule has 0 bridgehead atoms. The second-order valence-corrected chi connectivity index (χ2v) is 4.33. The van der Waals surface area contributed by atoms with Crippen LogP contribution in [0.2, 0.25) is 5.02 Å². The number of benzene rings is 1. The van der Waals surface area contributed by atoms with Gasteiger partial charge in [-0.25, -0.2) is 4.68 Å². The Balaban J connectivity index is 2.30. The molecule has 6 nitrogen and oxygen atoms in total. The van der Waals surface area contributed by atoms with Gasteiger partial charge in [-0.3, -0.25) is 10.1 Å². The van der Waals surface area contributed by atoms with E-state index in [1.807, 2.05) is 19.9 Å². The van der Waals surface area contributed by atoms with Crippen LogP contribution in [0.4, 0.5) is 5.95 Å². The number of hydrogen-bond acceptors (Lipinski definition) is 4. The third-order valence-electron chi connectivity index (χ3n) is 2.75. The van der Waals surface area contributed by atoms with Crippen LogP contribution >= 0.6 is 11.6 Å². The summed E-state index contributed by atoms with van der Waals surface area (Å²) in [6, 6.07) is 3.54. The Bertz CT molecular complexity index is 607. The maximum absolute atomic E-state index is 12.0. The SMILES string of the molecule is Cc1ccc(C(=O)Nc2nnnn2C)c(Cl)c1C. The molecule has 94 valence electrons. The van der Waals surface area contributed by atoms with E-state index < -0.39 is 0 Å². The number of amides is 1. The van der Waals surface area contributed by atoms with Crippen molar-refractivity contribution in [2.24, 2.45) is 7.05 Å². The lowest BCUT2D eigenvalue weighted by atomic mass is 10.1. The fourth-order valence-corrected chi connectivity index (χ4v) is 1.76. The van der Waals surface area contributed by atoms with Gasteiger partial charge in [-0.1, -0.05) is 22.8 Å². The number of rotatable bonds is 2. The van der Waals surface area contributed by atoms with Gasteiger partial charge in [0.1, 0.15) is 0 Å². The molecule has 0 unspecified atom stereocenters. The zero-order chi connectivity index (χ0) is 13.3. The van der Waals surface area contributed by atoms with Crippen molar-refractivity contribution in [2.75, 3.05) is 5.32 Å². The molecule has 1 amide bonds. The number of aryl methyl sites for hydroxylation is 2. The van der Waals surface area contributed by atoms with Crippen LogP contribution in [0, 0.1) is 13.8 Å². The van der Waals surface area contributed by atoms with Gasteiger partial charge in [-0.05, 0) is 41.5 Å².